The molecule has 9 nitrogen and oxygen atoms in total. The van der Waals surface area contributed by atoms with Gasteiger partial charge in [0.1, 0.15) is 18.2 Å². The molecule has 2 aliphatic heterocycles. The molecule has 9 heteroatoms. The molecule has 0 fully saturated rings. The largest absolute Gasteiger partial charge is 0.485 e. The second-order valence-corrected chi connectivity index (χ2v) is 6.91. The smallest absolute Gasteiger partial charge is 0.270 e. The van der Waals surface area contributed by atoms with Crippen LogP contribution in [0.5, 0.6) is 11.5 Å². The van der Waals surface area contributed by atoms with Gasteiger partial charge in [0.15, 0.2) is 17.3 Å². The maximum atomic E-state index is 12.9. The van der Waals surface area contributed by atoms with Gasteiger partial charge in [0.05, 0.1) is 17.7 Å². The molecule has 2 N–H and O–H groups in total. The van der Waals surface area contributed by atoms with E-state index in [1.165, 1.54) is 4.68 Å². The van der Waals surface area contributed by atoms with Crippen molar-refractivity contribution in [2.45, 2.75) is 18.4 Å². The van der Waals surface area contributed by atoms with Gasteiger partial charge in [-0.15, -0.1) is 0 Å². The summed E-state index contributed by atoms with van der Waals surface area (Å²) in [6.45, 7) is 0.0935. The van der Waals surface area contributed by atoms with Gasteiger partial charge in [-0.05, 0) is 24.3 Å². The van der Waals surface area contributed by atoms with Crippen molar-refractivity contribution in [2.75, 3.05) is 17.2 Å². The number of rotatable bonds is 3. The Balaban J connectivity index is 1.43. The van der Waals surface area contributed by atoms with Gasteiger partial charge in [-0.25, -0.2) is 0 Å². The zero-order chi connectivity index (χ0) is 20.0. The number of nitrogens with one attached hydrogen (secondary N) is 2. The van der Waals surface area contributed by atoms with Crippen LogP contribution in [-0.4, -0.2) is 34.3 Å². The fraction of sp³-hybridized carbons (Fsp3) is 0.250. The fourth-order valence-corrected chi connectivity index (χ4v) is 3.66. The lowest BCUT2D eigenvalue weighted by Crippen LogP contribution is -2.40. The number of benzene rings is 1. The highest BCUT2D eigenvalue weighted by Gasteiger charge is 2.36. The molecule has 1 aromatic carbocycles. The summed E-state index contributed by atoms with van der Waals surface area (Å²) in [5, 5.41) is 10.0. The van der Waals surface area contributed by atoms with Gasteiger partial charge in [-0.2, -0.15) is 5.10 Å². The summed E-state index contributed by atoms with van der Waals surface area (Å²) in [5.74, 6) is 1.78. The molecule has 0 saturated carbocycles. The number of carbonyl (C=O) groups is 2. The van der Waals surface area contributed by atoms with Crippen LogP contribution in [0, 0.1) is 0 Å². The lowest BCUT2D eigenvalue weighted by Gasteiger charge is -2.26. The van der Waals surface area contributed by atoms with E-state index in [-0.39, 0.29) is 30.8 Å². The Labute approximate surface area is 165 Å². The van der Waals surface area contributed by atoms with E-state index in [1.54, 1.807) is 37.6 Å². The molecule has 4 heterocycles. The van der Waals surface area contributed by atoms with Crippen molar-refractivity contribution in [3.8, 4) is 11.5 Å². The first kappa shape index (κ1) is 17.4. The molecule has 5 rings (SSSR count). The Hall–Kier alpha value is -3.75. The summed E-state index contributed by atoms with van der Waals surface area (Å²) in [6.07, 6.45) is 0.939. The van der Waals surface area contributed by atoms with Crippen LogP contribution >= 0.6 is 0 Å². The Kier molecular flexibility index (Phi) is 4.01. The molecule has 3 aromatic rings. The first-order valence-electron chi connectivity index (χ1n) is 9.19. The van der Waals surface area contributed by atoms with Crippen LogP contribution in [0.25, 0.3) is 0 Å². The number of ether oxygens (including phenoxy) is 2. The van der Waals surface area contributed by atoms with Gasteiger partial charge in [0, 0.05) is 13.5 Å². The third-order valence-electron chi connectivity index (χ3n) is 5.01. The molecule has 2 amide bonds. The number of nitrogens with zero attached hydrogens (tertiary/aromatic N) is 2. The number of aryl methyl sites for hydroxylation is 1. The third-order valence-corrected chi connectivity index (χ3v) is 5.01. The molecule has 0 unspecified atom stereocenters. The maximum absolute atomic E-state index is 12.9. The summed E-state index contributed by atoms with van der Waals surface area (Å²) in [7, 11) is 1.70. The third kappa shape index (κ3) is 3.00. The summed E-state index contributed by atoms with van der Waals surface area (Å²) >= 11 is 0. The molecule has 0 radical (unpaired) electrons. The van der Waals surface area contributed by atoms with Crippen LogP contribution in [0.4, 0.5) is 11.6 Å². The summed E-state index contributed by atoms with van der Waals surface area (Å²) in [4.78, 5) is 25.0. The van der Waals surface area contributed by atoms with Gasteiger partial charge in [-0.3, -0.25) is 14.3 Å². The van der Waals surface area contributed by atoms with E-state index in [1.807, 2.05) is 12.1 Å². The highest BCUT2D eigenvalue weighted by molar-refractivity contribution is 5.99. The number of anilines is 2. The number of hydrogen-bond donors (Lipinski definition) is 2. The van der Waals surface area contributed by atoms with Crippen molar-refractivity contribution >= 4 is 23.5 Å². The first-order valence-corrected chi connectivity index (χ1v) is 9.19. The molecule has 0 bridgehead atoms. The summed E-state index contributed by atoms with van der Waals surface area (Å²) in [5.41, 5.74) is 0.701. The quantitative estimate of drug-likeness (QED) is 0.706. The highest BCUT2D eigenvalue weighted by Crippen LogP contribution is 2.41. The molecule has 0 saturated heterocycles. The van der Waals surface area contributed by atoms with E-state index in [0.29, 0.717) is 34.5 Å². The van der Waals surface area contributed by atoms with Gasteiger partial charge < -0.3 is 24.5 Å². The molecule has 29 heavy (non-hydrogen) atoms. The predicted octanol–water partition coefficient (Wildman–Crippen LogP) is 2.27. The predicted molar refractivity (Wildman–Crippen MR) is 102 cm³/mol. The second-order valence-electron chi connectivity index (χ2n) is 6.91. The van der Waals surface area contributed by atoms with E-state index in [4.69, 9.17) is 13.9 Å². The average molecular weight is 394 g/mol. The number of amides is 2. The highest BCUT2D eigenvalue weighted by atomic mass is 16.6. The van der Waals surface area contributed by atoms with Gasteiger partial charge in [-0.1, -0.05) is 12.1 Å². The van der Waals surface area contributed by atoms with Crippen molar-refractivity contribution in [3.05, 3.63) is 54.0 Å². The molecular weight excluding hydrogens is 376 g/mol. The number of fused-ring (bicyclic) bond motifs is 2. The van der Waals surface area contributed by atoms with Gasteiger partial charge in [0.25, 0.3) is 5.91 Å². The van der Waals surface area contributed by atoms with Crippen molar-refractivity contribution in [3.63, 3.8) is 0 Å². The van der Waals surface area contributed by atoms with Crippen molar-refractivity contribution in [2.24, 2.45) is 7.05 Å². The molecule has 0 spiro atoms. The minimum atomic E-state index is -0.817. The van der Waals surface area contributed by atoms with Crippen LogP contribution in [0.1, 0.15) is 23.7 Å². The molecule has 0 aliphatic carbocycles. The Morgan fingerprint density at radius 2 is 2.07 bits per heavy atom. The van der Waals surface area contributed by atoms with E-state index < -0.39 is 6.10 Å². The molecular formula is C20H18N4O5. The van der Waals surface area contributed by atoms with Crippen LogP contribution in [0.15, 0.2) is 47.1 Å². The average Bonchev–Trinajstić information content (AvgIpc) is 3.36. The first-order chi connectivity index (χ1) is 14.1. The van der Waals surface area contributed by atoms with Crippen LogP contribution in [0.2, 0.25) is 0 Å². The van der Waals surface area contributed by atoms with E-state index in [2.05, 4.69) is 15.7 Å². The number of hydrogen-bond acceptors (Lipinski definition) is 6. The van der Waals surface area contributed by atoms with Gasteiger partial charge >= 0.3 is 0 Å². The lowest BCUT2D eigenvalue weighted by molar-refractivity contribution is -0.125. The summed E-state index contributed by atoms with van der Waals surface area (Å²) < 4.78 is 18.5. The SMILES string of the molecule is Cn1nc(NC(=O)[C@@H]2COc3ccccc3O2)c2c1NC(=O)C[C@@H]2c1ccco1. The monoisotopic (exact) mass is 394 g/mol. The molecule has 148 valence electrons. The van der Waals surface area contributed by atoms with Gasteiger partial charge in [0.2, 0.25) is 12.0 Å². The Morgan fingerprint density at radius 1 is 1.24 bits per heavy atom. The standard InChI is InChI=1S/C20H18N4O5/c1-24-19-17(11(9-16(25)21-19)12-7-4-8-27-12)18(23-24)22-20(26)15-10-28-13-5-2-3-6-14(13)29-15/h2-8,11,15H,9-10H2,1H3,(H,21,25)(H,22,23,26)/t11-,15+/m1/s1. The maximum Gasteiger partial charge on any atom is 0.270 e. The molecule has 2 aliphatic rings. The van der Waals surface area contributed by atoms with Crippen molar-refractivity contribution < 1.29 is 23.5 Å². The minimum Gasteiger partial charge on any atom is -0.485 e. The van der Waals surface area contributed by atoms with E-state index in [0.717, 1.165) is 0 Å². The number of para-hydroxylation sites is 2. The Bertz CT molecular complexity index is 1090. The zero-order valence-corrected chi connectivity index (χ0v) is 15.5. The number of carbonyl (C=O) groups excluding carboxylic acids is 2. The Morgan fingerprint density at radius 3 is 2.86 bits per heavy atom. The van der Waals surface area contributed by atoms with E-state index in [9.17, 15) is 9.59 Å². The van der Waals surface area contributed by atoms with Crippen LogP contribution in [0.3, 0.4) is 0 Å². The number of furan rings is 1. The summed E-state index contributed by atoms with van der Waals surface area (Å²) in [6, 6.07) is 10.8. The topological polar surface area (TPSA) is 108 Å². The normalized spacial score (nSPS) is 20.0. The number of aromatic nitrogens is 2. The molecule has 2 aromatic heterocycles. The van der Waals surface area contributed by atoms with Crippen LogP contribution < -0.4 is 20.1 Å². The minimum absolute atomic E-state index is 0.0935. The zero-order valence-electron chi connectivity index (χ0n) is 15.5. The fourth-order valence-electron chi connectivity index (χ4n) is 3.66. The van der Waals surface area contributed by atoms with Crippen molar-refractivity contribution in [1.29, 1.82) is 0 Å². The second kappa shape index (κ2) is 6.69. The molecule has 2 atom stereocenters. The lowest BCUT2D eigenvalue weighted by atomic mass is 9.91. The van der Waals surface area contributed by atoms with Crippen LogP contribution in [-0.2, 0) is 16.6 Å². The van der Waals surface area contributed by atoms with E-state index >= 15 is 0 Å². The van der Waals surface area contributed by atoms with Crippen molar-refractivity contribution in [1.82, 2.24) is 9.78 Å².